The molecule has 3 rings (SSSR count). The van der Waals surface area contributed by atoms with Crippen molar-refractivity contribution < 1.29 is 24.4 Å². The van der Waals surface area contributed by atoms with E-state index in [4.69, 9.17) is 22.3 Å². The van der Waals surface area contributed by atoms with Crippen molar-refractivity contribution in [1.82, 2.24) is 10.6 Å². The molecule has 2 aromatic carbocycles. The maximum Gasteiger partial charge on any atom is 0.320 e. The van der Waals surface area contributed by atoms with Crippen LogP contribution in [0.25, 0.3) is 0 Å². The molecule has 0 bridgehead atoms. The van der Waals surface area contributed by atoms with E-state index >= 15 is 0 Å². The fourth-order valence-corrected chi connectivity index (χ4v) is 3.97. The monoisotopic (exact) mass is 570 g/mol. The zero-order valence-electron chi connectivity index (χ0n) is 22.7. The minimum Gasteiger partial charge on any atom is -0.480 e. The summed E-state index contributed by atoms with van der Waals surface area (Å²) in [4.78, 5) is 49.7. The molecule has 0 aromatic heterocycles. The van der Waals surface area contributed by atoms with Gasteiger partial charge in [0.05, 0.1) is 11.0 Å². The van der Waals surface area contributed by atoms with Crippen molar-refractivity contribution in [2.75, 3.05) is 18.4 Å². The smallest absolute Gasteiger partial charge is 0.320 e. The number of amides is 2. The van der Waals surface area contributed by atoms with Crippen LogP contribution in [0, 0.1) is 10.1 Å². The number of nitrogens with two attached hydrogens (primary N) is 3. The summed E-state index contributed by atoms with van der Waals surface area (Å²) in [6.07, 6.45) is 3.91. The molecule has 0 saturated carbocycles. The van der Waals surface area contributed by atoms with E-state index in [-0.39, 0.29) is 23.6 Å². The van der Waals surface area contributed by atoms with Gasteiger partial charge in [-0.05, 0) is 56.3 Å². The van der Waals surface area contributed by atoms with E-state index in [2.05, 4.69) is 20.9 Å². The zero-order valence-corrected chi connectivity index (χ0v) is 22.7. The highest BCUT2D eigenvalue weighted by atomic mass is 16.6. The molecule has 14 heteroatoms. The number of rotatable bonds is 12. The number of nitrogens with zero attached hydrogens (tertiary/aromatic N) is 2. The number of guanidine groups is 1. The molecule has 2 aromatic rings. The summed E-state index contributed by atoms with van der Waals surface area (Å²) >= 11 is 0. The number of anilines is 1. The molecule has 3 atom stereocenters. The molecule has 1 unspecified atom stereocenters. The topological polar surface area (TPSA) is 241 Å². The number of benzene rings is 2. The molecule has 0 radical (unpaired) electrons. The van der Waals surface area contributed by atoms with Gasteiger partial charge in [-0.2, -0.15) is 0 Å². The van der Waals surface area contributed by atoms with Gasteiger partial charge < -0.3 is 38.3 Å². The summed E-state index contributed by atoms with van der Waals surface area (Å²) in [5.41, 5.74) is 17.2. The van der Waals surface area contributed by atoms with Gasteiger partial charge in [-0.25, -0.2) is 0 Å². The number of nitro groups is 1. The van der Waals surface area contributed by atoms with Crippen molar-refractivity contribution in [3.8, 4) is 0 Å². The van der Waals surface area contributed by atoms with Crippen molar-refractivity contribution in [3.63, 3.8) is 0 Å². The summed E-state index contributed by atoms with van der Waals surface area (Å²) in [6, 6.07) is 12.9. The van der Waals surface area contributed by atoms with Crippen LogP contribution in [0.4, 0.5) is 11.4 Å². The Bertz CT molecular complexity index is 1170. The lowest BCUT2D eigenvalue weighted by Crippen LogP contribution is -2.52. The third-order valence-electron chi connectivity index (χ3n) is 6.17. The van der Waals surface area contributed by atoms with E-state index in [1.54, 1.807) is 0 Å². The molecule has 0 spiro atoms. The lowest BCUT2D eigenvalue weighted by Gasteiger charge is -2.25. The minimum atomic E-state index is -0.959. The Morgan fingerprint density at radius 1 is 1.10 bits per heavy atom. The van der Waals surface area contributed by atoms with E-state index in [0.717, 1.165) is 31.4 Å². The Labute approximate surface area is 237 Å². The molecule has 14 nitrogen and oxygen atoms in total. The SMILES string of the molecule is NC(N)=NCCC[C@H](NC(=O)C1CCCCN1)C(=O)Nc1ccc([N+](=O)[O-])cc1.N[C@H](Cc1ccccc1)C(=O)O. The first-order valence-corrected chi connectivity index (χ1v) is 13.2. The summed E-state index contributed by atoms with van der Waals surface area (Å²) in [5.74, 6) is -1.63. The van der Waals surface area contributed by atoms with E-state index in [1.165, 1.54) is 24.3 Å². The highest BCUT2D eigenvalue weighted by molar-refractivity contribution is 5.97. The Kier molecular flexibility index (Phi) is 13.7. The number of carboxylic acid groups (broad SMARTS) is 1. The average Bonchev–Trinajstić information content (AvgIpc) is 2.96. The molecule has 222 valence electrons. The number of piperidine rings is 1. The second-order valence-electron chi connectivity index (χ2n) is 9.44. The largest absolute Gasteiger partial charge is 0.480 e. The number of carboxylic acids is 1. The number of aliphatic imine (C=N–C) groups is 1. The van der Waals surface area contributed by atoms with Crippen LogP contribution >= 0.6 is 0 Å². The summed E-state index contributed by atoms with van der Waals surface area (Å²) in [7, 11) is 0. The Morgan fingerprint density at radius 3 is 2.34 bits per heavy atom. The van der Waals surface area contributed by atoms with Crippen LogP contribution in [0.15, 0.2) is 59.6 Å². The van der Waals surface area contributed by atoms with E-state index in [0.29, 0.717) is 31.5 Å². The predicted octanol–water partition coefficient (Wildman–Crippen LogP) is 0.855. The van der Waals surface area contributed by atoms with Crippen molar-refractivity contribution in [2.24, 2.45) is 22.2 Å². The number of non-ortho nitro benzene ring substituents is 1. The van der Waals surface area contributed by atoms with Crippen molar-refractivity contribution in [2.45, 2.75) is 56.7 Å². The van der Waals surface area contributed by atoms with Gasteiger partial charge in [-0.15, -0.1) is 0 Å². The third kappa shape index (κ3) is 12.4. The molecule has 1 heterocycles. The van der Waals surface area contributed by atoms with Crippen molar-refractivity contribution in [3.05, 3.63) is 70.3 Å². The van der Waals surface area contributed by atoms with Crippen LogP contribution in [0.1, 0.15) is 37.7 Å². The molecule has 1 aliphatic heterocycles. The van der Waals surface area contributed by atoms with Crippen LogP contribution in [-0.2, 0) is 20.8 Å². The quantitative estimate of drug-likeness (QED) is 0.0623. The van der Waals surface area contributed by atoms with Crippen molar-refractivity contribution in [1.29, 1.82) is 0 Å². The number of carbonyl (C=O) groups is 3. The van der Waals surface area contributed by atoms with Crippen LogP contribution in [0.5, 0.6) is 0 Å². The Morgan fingerprint density at radius 2 is 1.78 bits per heavy atom. The fourth-order valence-electron chi connectivity index (χ4n) is 3.97. The Hall–Kier alpha value is -4.56. The fraction of sp³-hybridized carbons (Fsp3) is 0.407. The molecular weight excluding hydrogens is 532 g/mol. The molecule has 0 aliphatic carbocycles. The maximum absolute atomic E-state index is 12.7. The van der Waals surface area contributed by atoms with Gasteiger partial charge in [0.2, 0.25) is 11.8 Å². The van der Waals surface area contributed by atoms with Gasteiger partial charge >= 0.3 is 5.97 Å². The van der Waals surface area contributed by atoms with Gasteiger partial charge in [-0.1, -0.05) is 36.8 Å². The highest BCUT2D eigenvalue weighted by Gasteiger charge is 2.26. The highest BCUT2D eigenvalue weighted by Crippen LogP contribution is 2.16. The van der Waals surface area contributed by atoms with Gasteiger partial charge in [0.25, 0.3) is 5.69 Å². The van der Waals surface area contributed by atoms with Gasteiger partial charge in [0, 0.05) is 24.4 Å². The van der Waals surface area contributed by atoms with Crippen LogP contribution < -0.4 is 33.2 Å². The summed E-state index contributed by atoms with van der Waals surface area (Å²) < 4.78 is 0. The molecule has 10 N–H and O–H groups in total. The zero-order chi connectivity index (χ0) is 30.2. The normalized spacial score (nSPS) is 15.7. The van der Waals surface area contributed by atoms with Crippen LogP contribution in [-0.4, -0.2) is 65.0 Å². The lowest BCUT2D eigenvalue weighted by molar-refractivity contribution is -0.384. The molecule has 41 heavy (non-hydrogen) atoms. The lowest BCUT2D eigenvalue weighted by atomic mass is 10.0. The Balaban J connectivity index is 0.000000408. The minimum absolute atomic E-state index is 0.0349. The first-order valence-electron chi connectivity index (χ1n) is 13.2. The first kappa shape index (κ1) is 32.7. The second kappa shape index (κ2) is 17.2. The predicted molar refractivity (Wildman–Crippen MR) is 155 cm³/mol. The summed E-state index contributed by atoms with van der Waals surface area (Å²) in [5, 5.41) is 27.9. The molecular formula is C27H38N8O6. The number of carbonyl (C=O) groups excluding carboxylic acids is 2. The first-order chi connectivity index (χ1) is 19.6. The molecule has 1 saturated heterocycles. The van der Waals surface area contributed by atoms with Crippen molar-refractivity contribution >= 4 is 35.1 Å². The number of aliphatic carboxylic acids is 1. The van der Waals surface area contributed by atoms with Gasteiger partial charge in [0.15, 0.2) is 5.96 Å². The maximum atomic E-state index is 12.7. The molecule has 2 amide bonds. The number of nitro benzene ring substituents is 1. The molecule has 1 aliphatic rings. The van der Waals surface area contributed by atoms with E-state index < -0.39 is 28.9 Å². The standard InChI is InChI=1S/C18H27N7O4.C9H11NO2/c19-18(20)22-11-3-5-15(24-16(26)14-4-1-2-10-21-14)17(27)23-12-6-8-13(9-7-12)25(28)29;10-8(9(11)12)6-7-4-2-1-3-5-7/h6-9,14-15,21H,1-5,10-11H2,(H,23,27)(H,24,26)(H4,19,20,22);1-5,8H,6,10H2,(H,11,12)/t14?,15-;8-/m01/s1. The number of nitrogens with one attached hydrogen (secondary N) is 3. The van der Waals surface area contributed by atoms with Crippen LogP contribution in [0.2, 0.25) is 0 Å². The molecule has 1 fully saturated rings. The van der Waals surface area contributed by atoms with Crippen LogP contribution in [0.3, 0.4) is 0 Å². The number of hydrogen-bond donors (Lipinski definition) is 7. The average molecular weight is 571 g/mol. The third-order valence-corrected chi connectivity index (χ3v) is 6.17. The summed E-state index contributed by atoms with van der Waals surface area (Å²) in [6.45, 7) is 1.10. The number of hydrogen-bond acceptors (Lipinski definition) is 8. The van der Waals surface area contributed by atoms with Gasteiger partial charge in [0.1, 0.15) is 12.1 Å². The van der Waals surface area contributed by atoms with E-state index in [1.807, 2.05) is 30.3 Å². The van der Waals surface area contributed by atoms with Gasteiger partial charge in [-0.3, -0.25) is 29.5 Å². The second-order valence-corrected chi connectivity index (χ2v) is 9.44. The van der Waals surface area contributed by atoms with E-state index in [9.17, 15) is 24.5 Å².